The number of nitrogens with zero attached hydrogens (tertiary/aromatic N) is 2. The molecule has 0 saturated carbocycles. The van der Waals surface area contributed by atoms with E-state index in [-0.39, 0.29) is 0 Å². The molecule has 0 aromatic carbocycles. The van der Waals surface area contributed by atoms with Crippen molar-refractivity contribution in [2.45, 2.75) is 25.3 Å². The Hall–Kier alpha value is -2.08. The predicted molar refractivity (Wildman–Crippen MR) is 87.9 cm³/mol. The standard InChI is InChI=1S/C16H22N5O/c1-22-14-5-3-2-4-12(14)13-10-19-16(21-15(13)17)20-11-6-8-18-9-7-11/h2,4-5,10-11,18H,3,6-9H2,1H3,(H3,17,19,20,21). The molecule has 1 aliphatic carbocycles. The van der Waals surface area contributed by atoms with Crippen LogP contribution in [0.25, 0.3) is 5.57 Å². The fourth-order valence-electron chi connectivity index (χ4n) is 2.79. The summed E-state index contributed by atoms with van der Waals surface area (Å²) >= 11 is 0. The molecule has 0 atom stereocenters. The third-order valence-electron chi connectivity index (χ3n) is 3.99. The van der Waals surface area contributed by atoms with Crippen LogP contribution < -0.4 is 16.4 Å². The molecule has 1 aliphatic heterocycles. The molecule has 3 rings (SSSR count). The molecular weight excluding hydrogens is 278 g/mol. The summed E-state index contributed by atoms with van der Waals surface area (Å²) in [6, 6.07) is 0.406. The first-order valence-corrected chi connectivity index (χ1v) is 7.66. The van der Waals surface area contributed by atoms with Gasteiger partial charge >= 0.3 is 0 Å². The van der Waals surface area contributed by atoms with Gasteiger partial charge in [0.05, 0.1) is 7.11 Å². The van der Waals surface area contributed by atoms with E-state index in [9.17, 15) is 0 Å². The number of rotatable bonds is 4. The number of piperidine rings is 1. The molecule has 0 spiro atoms. The van der Waals surface area contributed by atoms with Crippen LogP contribution in [0.1, 0.15) is 24.8 Å². The number of ether oxygens (including phenoxy) is 1. The Morgan fingerprint density at radius 2 is 2.18 bits per heavy atom. The van der Waals surface area contributed by atoms with Crippen LogP contribution in [0.3, 0.4) is 0 Å². The number of anilines is 2. The number of methoxy groups -OCH3 is 1. The minimum absolute atomic E-state index is 0.406. The Morgan fingerprint density at radius 3 is 2.91 bits per heavy atom. The van der Waals surface area contributed by atoms with E-state index >= 15 is 0 Å². The van der Waals surface area contributed by atoms with E-state index < -0.39 is 0 Å². The van der Waals surface area contributed by atoms with Gasteiger partial charge in [-0.05, 0) is 32.4 Å². The number of nitrogen functional groups attached to an aromatic ring is 1. The number of allylic oxidation sites excluding steroid dienone is 4. The average molecular weight is 300 g/mol. The molecule has 6 heteroatoms. The molecule has 1 radical (unpaired) electrons. The fourth-order valence-corrected chi connectivity index (χ4v) is 2.79. The highest BCUT2D eigenvalue weighted by Gasteiger charge is 2.17. The summed E-state index contributed by atoms with van der Waals surface area (Å²) in [4.78, 5) is 8.83. The zero-order valence-electron chi connectivity index (χ0n) is 12.8. The van der Waals surface area contributed by atoms with Gasteiger partial charge in [-0.3, -0.25) is 0 Å². The van der Waals surface area contributed by atoms with Gasteiger partial charge in [-0.1, -0.05) is 12.2 Å². The molecule has 4 N–H and O–H groups in total. The van der Waals surface area contributed by atoms with E-state index in [1.807, 2.05) is 12.5 Å². The number of hydrogen-bond acceptors (Lipinski definition) is 6. The maximum absolute atomic E-state index is 6.13. The lowest BCUT2D eigenvalue weighted by Crippen LogP contribution is -2.35. The van der Waals surface area contributed by atoms with Crippen LogP contribution in [0, 0.1) is 6.42 Å². The normalized spacial score (nSPS) is 19.3. The molecule has 1 aromatic heterocycles. The topological polar surface area (TPSA) is 85.1 Å². The maximum atomic E-state index is 6.13. The molecular formula is C16H22N5O. The molecule has 2 heterocycles. The van der Waals surface area contributed by atoms with Crippen LogP contribution >= 0.6 is 0 Å². The highest BCUT2D eigenvalue weighted by molar-refractivity contribution is 5.82. The van der Waals surface area contributed by atoms with Crippen LogP contribution in [-0.2, 0) is 4.74 Å². The quantitative estimate of drug-likeness (QED) is 0.785. The number of nitrogens with one attached hydrogen (secondary N) is 2. The second-order valence-electron chi connectivity index (χ2n) is 5.49. The predicted octanol–water partition coefficient (Wildman–Crippen LogP) is 1.74. The van der Waals surface area contributed by atoms with E-state index in [2.05, 4.69) is 26.7 Å². The Kier molecular flexibility index (Phi) is 4.58. The highest BCUT2D eigenvalue weighted by Crippen LogP contribution is 2.30. The third kappa shape index (κ3) is 3.22. The molecule has 0 amide bonds. The van der Waals surface area contributed by atoms with Gasteiger partial charge in [0.25, 0.3) is 0 Å². The van der Waals surface area contributed by atoms with Crippen molar-refractivity contribution in [3.63, 3.8) is 0 Å². The number of hydrogen-bond donors (Lipinski definition) is 3. The van der Waals surface area contributed by atoms with Gasteiger partial charge < -0.3 is 21.1 Å². The summed E-state index contributed by atoms with van der Waals surface area (Å²) in [7, 11) is 1.66. The van der Waals surface area contributed by atoms with E-state index in [1.54, 1.807) is 13.3 Å². The maximum Gasteiger partial charge on any atom is 0.224 e. The van der Waals surface area contributed by atoms with Gasteiger partial charge in [-0.2, -0.15) is 4.98 Å². The Balaban J connectivity index is 1.80. The zero-order valence-corrected chi connectivity index (χ0v) is 12.8. The SMILES string of the molecule is COC1=C(c2cnc(NC3CCNCC3)nc2N)C=CC[CH]1. The van der Waals surface area contributed by atoms with Crippen molar-refractivity contribution in [2.75, 3.05) is 31.2 Å². The lowest BCUT2D eigenvalue weighted by Gasteiger charge is -2.24. The minimum Gasteiger partial charge on any atom is -0.500 e. The molecule has 22 heavy (non-hydrogen) atoms. The fraction of sp³-hybridized carbons (Fsp3) is 0.438. The van der Waals surface area contributed by atoms with Gasteiger partial charge in [0.15, 0.2) is 0 Å². The first-order chi connectivity index (χ1) is 10.8. The highest BCUT2D eigenvalue weighted by atomic mass is 16.5. The van der Waals surface area contributed by atoms with Gasteiger partial charge in [-0.25, -0.2) is 4.98 Å². The van der Waals surface area contributed by atoms with Gasteiger partial charge in [0, 0.05) is 29.8 Å². The van der Waals surface area contributed by atoms with Crippen LogP contribution in [0.4, 0.5) is 11.8 Å². The summed E-state index contributed by atoms with van der Waals surface area (Å²) in [6.45, 7) is 2.05. The van der Waals surface area contributed by atoms with Gasteiger partial charge in [0.2, 0.25) is 5.95 Å². The Bertz CT molecular complexity index is 590. The molecule has 2 aliphatic rings. The van der Waals surface area contributed by atoms with Crippen molar-refractivity contribution in [1.29, 1.82) is 0 Å². The Morgan fingerprint density at radius 1 is 1.36 bits per heavy atom. The van der Waals surface area contributed by atoms with Crippen molar-refractivity contribution >= 4 is 17.3 Å². The van der Waals surface area contributed by atoms with Gasteiger partial charge in [-0.15, -0.1) is 0 Å². The first kappa shape index (κ1) is 14.8. The number of nitrogens with two attached hydrogens (primary N) is 1. The average Bonchev–Trinajstić information content (AvgIpc) is 2.56. The smallest absolute Gasteiger partial charge is 0.224 e. The second-order valence-corrected chi connectivity index (χ2v) is 5.49. The zero-order chi connectivity index (χ0) is 15.4. The largest absolute Gasteiger partial charge is 0.500 e. The molecule has 0 bridgehead atoms. The van der Waals surface area contributed by atoms with E-state index in [0.717, 1.165) is 49.2 Å². The van der Waals surface area contributed by atoms with Crippen LogP contribution in [0.2, 0.25) is 0 Å². The van der Waals surface area contributed by atoms with Crippen molar-refractivity contribution in [1.82, 2.24) is 15.3 Å². The summed E-state index contributed by atoms with van der Waals surface area (Å²) in [5.74, 6) is 1.88. The number of aromatic nitrogens is 2. The van der Waals surface area contributed by atoms with Crippen molar-refractivity contribution in [3.8, 4) is 0 Å². The van der Waals surface area contributed by atoms with Crippen molar-refractivity contribution in [2.24, 2.45) is 0 Å². The summed E-state index contributed by atoms with van der Waals surface area (Å²) in [6.07, 6.45) is 10.9. The minimum atomic E-state index is 0.406. The monoisotopic (exact) mass is 300 g/mol. The second kappa shape index (κ2) is 6.79. The summed E-state index contributed by atoms with van der Waals surface area (Å²) in [5, 5.41) is 6.70. The Labute approximate surface area is 130 Å². The van der Waals surface area contributed by atoms with E-state index in [4.69, 9.17) is 10.5 Å². The molecule has 0 unspecified atom stereocenters. The van der Waals surface area contributed by atoms with Crippen molar-refractivity contribution < 1.29 is 4.74 Å². The van der Waals surface area contributed by atoms with E-state index in [0.29, 0.717) is 17.8 Å². The molecule has 1 saturated heterocycles. The van der Waals surface area contributed by atoms with E-state index in [1.165, 1.54) is 0 Å². The van der Waals surface area contributed by atoms with Crippen LogP contribution in [-0.4, -0.2) is 36.2 Å². The molecule has 117 valence electrons. The van der Waals surface area contributed by atoms with Gasteiger partial charge in [0.1, 0.15) is 11.6 Å². The lowest BCUT2D eigenvalue weighted by molar-refractivity contribution is 0.299. The van der Waals surface area contributed by atoms with Crippen molar-refractivity contribution in [3.05, 3.63) is 36.1 Å². The van der Waals surface area contributed by atoms with Crippen LogP contribution in [0.15, 0.2) is 24.1 Å². The van der Waals surface area contributed by atoms with Crippen LogP contribution in [0.5, 0.6) is 0 Å². The summed E-state index contributed by atoms with van der Waals surface area (Å²) < 4.78 is 5.40. The lowest BCUT2D eigenvalue weighted by atomic mass is 9.99. The molecule has 1 fully saturated rings. The molecule has 6 nitrogen and oxygen atoms in total. The summed E-state index contributed by atoms with van der Waals surface area (Å²) in [5.41, 5.74) is 7.87. The first-order valence-electron chi connectivity index (χ1n) is 7.66. The third-order valence-corrected chi connectivity index (χ3v) is 3.99. The molecule has 1 aromatic rings.